The van der Waals surface area contributed by atoms with Crippen LogP contribution in [0, 0.1) is 0 Å². The van der Waals surface area contributed by atoms with Crippen molar-refractivity contribution in [2.75, 3.05) is 33.4 Å². The van der Waals surface area contributed by atoms with Crippen molar-refractivity contribution < 1.29 is 24.2 Å². The van der Waals surface area contributed by atoms with E-state index in [-0.39, 0.29) is 42.8 Å². The summed E-state index contributed by atoms with van der Waals surface area (Å²) in [4.78, 5) is 25.4. The van der Waals surface area contributed by atoms with E-state index in [1.54, 1.807) is 0 Å². The van der Waals surface area contributed by atoms with Gasteiger partial charge in [-0.1, -0.05) is 13.8 Å². The van der Waals surface area contributed by atoms with Crippen LogP contribution in [0.15, 0.2) is 18.2 Å². The Balaban J connectivity index is 0.00000441. The van der Waals surface area contributed by atoms with Crippen LogP contribution in [0.1, 0.15) is 24.2 Å². The van der Waals surface area contributed by atoms with Crippen molar-refractivity contribution >= 4 is 24.2 Å². The van der Waals surface area contributed by atoms with Gasteiger partial charge in [0, 0.05) is 5.56 Å². The van der Waals surface area contributed by atoms with Crippen LogP contribution < -0.4 is 4.74 Å². The molecular formula is C15H22ClNO5. The fraction of sp³-hybridized carbons (Fsp3) is 0.467. The average Bonchev–Trinajstić information content (AvgIpc) is 2.50. The molecule has 22 heavy (non-hydrogen) atoms. The number of benzene rings is 1. The van der Waals surface area contributed by atoms with Crippen molar-refractivity contribution in [3.8, 4) is 11.5 Å². The van der Waals surface area contributed by atoms with Crippen LogP contribution in [0.3, 0.4) is 0 Å². The quantitative estimate of drug-likeness (QED) is 0.579. The number of nitrogens with zero attached hydrogens (tertiary/aromatic N) is 1. The first-order valence-electron chi connectivity index (χ1n) is 6.80. The first-order valence-corrected chi connectivity index (χ1v) is 6.80. The second-order valence-electron chi connectivity index (χ2n) is 4.43. The van der Waals surface area contributed by atoms with Crippen molar-refractivity contribution in [2.45, 2.75) is 13.8 Å². The van der Waals surface area contributed by atoms with Gasteiger partial charge in [0.15, 0.2) is 23.9 Å². The minimum Gasteiger partial charge on any atom is -0.504 e. The second kappa shape index (κ2) is 10.0. The molecule has 0 aliphatic heterocycles. The van der Waals surface area contributed by atoms with Crippen LogP contribution in [0.2, 0.25) is 0 Å². The second-order valence-corrected chi connectivity index (χ2v) is 4.43. The summed E-state index contributed by atoms with van der Waals surface area (Å²) in [7, 11) is 1.40. The number of hydrogen-bond donors (Lipinski definition) is 1. The number of Topliss-reactive ketones (excluding diaryl/α,β-unsaturated/α-hetero) is 1. The third-order valence-electron chi connectivity index (χ3n) is 3.11. The molecule has 1 aromatic rings. The van der Waals surface area contributed by atoms with Gasteiger partial charge in [0.05, 0.1) is 13.7 Å². The minimum atomic E-state index is -0.433. The molecule has 0 aliphatic carbocycles. The fourth-order valence-electron chi connectivity index (χ4n) is 1.76. The van der Waals surface area contributed by atoms with E-state index in [2.05, 4.69) is 0 Å². The van der Waals surface area contributed by atoms with Crippen molar-refractivity contribution in [3.05, 3.63) is 23.8 Å². The maximum absolute atomic E-state index is 11.9. The number of likely N-dealkylation sites (N-methyl/N-ethyl adjacent to an activating group) is 1. The Bertz CT molecular complexity index is 503. The molecule has 0 radical (unpaired) electrons. The smallest absolute Gasteiger partial charge is 0.320 e. The maximum atomic E-state index is 11.9. The Morgan fingerprint density at radius 3 is 2.41 bits per heavy atom. The number of rotatable bonds is 8. The summed E-state index contributed by atoms with van der Waals surface area (Å²) < 4.78 is 9.89. The molecule has 0 saturated heterocycles. The third kappa shape index (κ3) is 5.91. The monoisotopic (exact) mass is 331 g/mol. The number of ether oxygens (including phenoxy) is 2. The first kappa shape index (κ1) is 20.2. The molecule has 0 aliphatic rings. The van der Waals surface area contributed by atoms with Crippen LogP contribution in [-0.4, -0.2) is 55.1 Å². The van der Waals surface area contributed by atoms with E-state index in [4.69, 9.17) is 9.47 Å². The van der Waals surface area contributed by atoms with Crippen molar-refractivity contribution in [2.24, 2.45) is 0 Å². The Kier molecular flexibility index (Phi) is 9.21. The highest BCUT2D eigenvalue weighted by Gasteiger charge is 2.14. The van der Waals surface area contributed by atoms with Crippen molar-refractivity contribution in [1.29, 1.82) is 0 Å². The molecule has 0 fully saturated rings. The van der Waals surface area contributed by atoms with Crippen molar-refractivity contribution in [3.63, 3.8) is 0 Å². The van der Waals surface area contributed by atoms with E-state index in [9.17, 15) is 14.7 Å². The molecule has 0 atom stereocenters. The molecule has 7 heteroatoms. The lowest BCUT2D eigenvalue weighted by molar-refractivity contribution is -0.143. The molecule has 1 N–H and O–H groups in total. The lowest BCUT2D eigenvalue weighted by atomic mass is 10.1. The third-order valence-corrected chi connectivity index (χ3v) is 3.11. The zero-order valence-corrected chi connectivity index (χ0v) is 13.8. The number of aromatic hydroxyl groups is 1. The van der Waals surface area contributed by atoms with E-state index in [0.717, 1.165) is 13.1 Å². The number of carbonyl (C=O) groups is 2. The number of hydrogen-bond acceptors (Lipinski definition) is 6. The fourth-order valence-corrected chi connectivity index (χ4v) is 1.76. The summed E-state index contributed by atoms with van der Waals surface area (Å²) in [6.45, 7) is 5.23. The van der Waals surface area contributed by atoms with Gasteiger partial charge in [-0.25, -0.2) is 0 Å². The van der Waals surface area contributed by atoms with Crippen LogP contribution in [0.25, 0.3) is 0 Å². The summed E-state index contributed by atoms with van der Waals surface area (Å²) in [5, 5.41) is 9.46. The lowest BCUT2D eigenvalue weighted by Crippen LogP contribution is -2.31. The molecule has 1 aromatic carbocycles. The lowest BCUT2D eigenvalue weighted by Gasteiger charge is -2.16. The molecule has 0 bridgehead atoms. The number of phenols is 1. The topological polar surface area (TPSA) is 76.1 Å². The van der Waals surface area contributed by atoms with E-state index < -0.39 is 5.97 Å². The number of ketones is 1. The minimum absolute atomic E-state index is 0. The zero-order valence-electron chi connectivity index (χ0n) is 13.0. The van der Waals surface area contributed by atoms with Crippen LogP contribution >= 0.6 is 12.4 Å². The summed E-state index contributed by atoms with van der Waals surface area (Å²) >= 11 is 0. The highest BCUT2D eigenvalue weighted by Crippen LogP contribution is 2.26. The average molecular weight is 332 g/mol. The van der Waals surface area contributed by atoms with Gasteiger partial charge in [0.2, 0.25) is 0 Å². The number of halogens is 1. The van der Waals surface area contributed by atoms with Gasteiger partial charge in [0.1, 0.15) is 0 Å². The maximum Gasteiger partial charge on any atom is 0.320 e. The van der Waals surface area contributed by atoms with Crippen LogP contribution in [-0.2, 0) is 9.53 Å². The molecule has 124 valence electrons. The van der Waals surface area contributed by atoms with E-state index in [1.165, 1.54) is 25.3 Å². The van der Waals surface area contributed by atoms with Gasteiger partial charge < -0.3 is 14.6 Å². The van der Waals surface area contributed by atoms with Gasteiger partial charge in [-0.05, 0) is 31.3 Å². The first-order chi connectivity index (χ1) is 10.0. The van der Waals surface area contributed by atoms with Gasteiger partial charge in [-0.15, -0.1) is 12.4 Å². The molecule has 0 heterocycles. The molecule has 0 amide bonds. The van der Waals surface area contributed by atoms with Crippen LogP contribution in [0.4, 0.5) is 0 Å². The predicted molar refractivity (Wildman–Crippen MR) is 85.0 cm³/mol. The predicted octanol–water partition coefficient (Wildman–Crippen LogP) is 1.89. The number of phenolic OH excluding ortho intramolecular Hbond substituents is 1. The summed E-state index contributed by atoms with van der Waals surface area (Å²) in [5.41, 5.74) is 0.320. The SMILES string of the molecule is CCN(CC)CC(=O)OCC(=O)c1ccc(O)c(OC)c1.Cl. The Labute approximate surface area is 136 Å². The van der Waals surface area contributed by atoms with Gasteiger partial charge in [-0.3, -0.25) is 14.5 Å². The summed E-state index contributed by atoms with van der Waals surface area (Å²) in [6.07, 6.45) is 0. The molecular weight excluding hydrogens is 310 g/mol. The standard InChI is InChI=1S/C15H21NO5.ClH/c1-4-16(5-2)9-15(19)21-10-13(18)11-6-7-12(17)14(8-11)20-3;/h6-8,17H,4-5,9-10H2,1-3H3;1H. The van der Waals surface area contributed by atoms with Gasteiger partial charge in [-0.2, -0.15) is 0 Å². The largest absolute Gasteiger partial charge is 0.504 e. The van der Waals surface area contributed by atoms with Gasteiger partial charge >= 0.3 is 5.97 Å². The molecule has 0 spiro atoms. The summed E-state index contributed by atoms with van der Waals surface area (Å²) in [5.74, 6) is -0.623. The molecule has 1 rings (SSSR count). The van der Waals surface area contributed by atoms with Crippen molar-refractivity contribution in [1.82, 2.24) is 4.90 Å². The molecule has 6 nitrogen and oxygen atoms in total. The van der Waals surface area contributed by atoms with E-state index in [1.807, 2.05) is 18.7 Å². The Morgan fingerprint density at radius 1 is 1.23 bits per heavy atom. The molecule has 0 unspecified atom stereocenters. The van der Waals surface area contributed by atoms with E-state index in [0.29, 0.717) is 5.56 Å². The van der Waals surface area contributed by atoms with E-state index >= 15 is 0 Å². The highest BCUT2D eigenvalue weighted by molar-refractivity contribution is 5.98. The highest BCUT2D eigenvalue weighted by atomic mass is 35.5. The molecule has 0 aromatic heterocycles. The number of carbonyl (C=O) groups excluding carboxylic acids is 2. The van der Waals surface area contributed by atoms with Gasteiger partial charge in [0.25, 0.3) is 0 Å². The summed E-state index contributed by atoms with van der Waals surface area (Å²) in [6, 6.07) is 4.23. The molecule has 0 saturated carbocycles. The number of methoxy groups -OCH3 is 1. The van der Waals surface area contributed by atoms with Crippen LogP contribution in [0.5, 0.6) is 11.5 Å². The normalized spacial score (nSPS) is 10.0. The Morgan fingerprint density at radius 2 is 1.86 bits per heavy atom. The zero-order chi connectivity index (χ0) is 15.8. The number of esters is 1. The Hall–Kier alpha value is -1.79.